The van der Waals surface area contributed by atoms with Crippen LogP contribution in [0.1, 0.15) is 55.8 Å². The number of ether oxygens (including phenoxy) is 1. The lowest BCUT2D eigenvalue weighted by Crippen LogP contribution is -2.41. The number of methoxy groups -OCH3 is 1. The van der Waals surface area contributed by atoms with Crippen LogP contribution in [0, 0.1) is 17.7 Å². The molecule has 1 aliphatic rings. The zero-order chi connectivity index (χ0) is 26.2. The van der Waals surface area contributed by atoms with Gasteiger partial charge in [-0.2, -0.15) is 0 Å². The summed E-state index contributed by atoms with van der Waals surface area (Å²) < 4.78 is 19.3. The Morgan fingerprint density at radius 3 is 2.81 bits per heavy atom. The van der Waals surface area contributed by atoms with E-state index in [9.17, 15) is 19.4 Å². The molecule has 7 heteroatoms. The number of halogens is 1. The van der Waals surface area contributed by atoms with Crippen LogP contribution in [0.15, 0.2) is 54.7 Å². The van der Waals surface area contributed by atoms with E-state index in [1.165, 1.54) is 6.07 Å². The monoisotopic (exact) mass is 508 g/mol. The predicted octanol–water partition coefficient (Wildman–Crippen LogP) is 5.63. The minimum absolute atomic E-state index is 0.153. The number of likely N-dealkylation sites (tertiary alicyclic amines) is 1. The van der Waals surface area contributed by atoms with Crippen LogP contribution in [-0.2, 0) is 11.2 Å². The SMILES string of the molecule is COc1ccc2nccc(C(O)CC[C@@H]3CCN(CCCc4ccccc4F)C[C@@H]3CCC(=O)O)c2c1. The molecule has 0 aliphatic carbocycles. The minimum Gasteiger partial charge on any atom is -0.497 e. The molecule has 1 aliphatic heterocycles. The molecule has 2 aromatic carbocycles. The van der Waals surface area contributed by atoms with Crippen molar-refractivity contribution in [2.24, 2.45) is 11.8 Å². The molecule has 4 rings (SSSR count). The molecule has 0 bridgehead atoms. The van der Waals surface area contributed by atoms with Gasteiger partial charge >= 0.3 is 5.97 Å². The Balaban J connectivity index is 1.35. The molecule has 37 heavy (non-hydrogen) atoms. The summed E-state index contributed by atoms with van der Waals surface area (Å²) in [7, 11) is 1.62. The largest absolute Gasteiger partial charge is 0.497 e. The van der Waals surface area contributed by atoms with Gasteiger partial charge in [-0.1, -0.05) is 18.2 Å². The predicted molar refractivity (Wildman–Crippen MR) is 142 cm³/mol. The molecule has 198 valence electrons. The van der Waals surface area contributed by atoms with E-state index >= 15 is 0 Å². The fourth-order valence-electron chi connectivity index (χ4n) is 5.66. The maximum Gasteiger partial charge on any atom is 0.303 e. The number of aliphatic hydroxyl groups is 1. The Labute approximate surface area is 218 Å². The highest BCUT2D eigenvalue weighted by molar-refractivity contribution is 5.83. The first-order valence-electron chi connectivity index (χ1n) is 13.2. The third-order valence-corrected chi connectivity index (χ3v) is 7.74. The third kappa shape index (κ3) is 7.27. The van der Waals surface area contributed by atoms with Crippen LogP contribution in [0.25, 0.3) is 10.9 Å². The van der Waals surface area contributed by atoms with Crippen molar-refractivity contribution in [3.8, 4) is 5.75 Å². The number of aromatic nitrogens is 1. The van der Waals surface area contributed by atoms with Crippen molar-refractivity contribution in [1.29, 1.82) is 0 Å². The van der Waals surface area contributed by atoms with Gasteiger partial charge in [0, 0.05) is 24.5 Å². The topological polar surface area (TPSA) is 82.9 Å². The number of fused-ring (bicyclic) bond motifs is 1. The Morgan fingerprint density at radius 2 is 2.03 bits per heavy atom. The van der Waals surface area contributed by atoms with E-state index in [2.05, 4.69) is 9.88 Å². The lowest BCUT2D eigenvalue weighted by Gasteiger charge is -2.39. The number of carboxylic acids is 1. The molecule has 0 amide bonds. The van der Waals surface area contributed by atoms with Gasteiger partial charge in [-0.3, -0.25) is 9.78 Å². The van der Waals surface area contributed by atoms with E-state index in [-0.39, 0.29) is 18.2 Å². The number of aliphatic carboxylic acids is 1. The van der Waals surface area contributed by atoms with Crippen LogP contribution >= 0.6 is 0 Å². The number of pyridine rings is 1. The van der Waals surface area contributed by atoms with Crippen molar-refractivity contribution in [2.75, 3.05) is 26.7 Å². The van der Waals surface area contributed by atoms with Crippen molar-refractivity contribution >= 4 is 16.9 Å². The van der Waals surface area contributed by atoms with Gasteiger partial charge in [-0.15, -0.1) is 0 Å². The van der Waals surface area contributed by atoms with Crippen LogP contribution in [0.5, 0.6) is 5.75 Å². The van der Waals surface area contributed by atoms with Crippen LogP contribution in [0.2, 0.25) is 0 Å². The molecule has 1 unspecified atom stereocenters. The van der Waals surface area contributed by atoms with Crippen molar-refractivity contribution in [2.45, 2.75) is 51.0 Å². The van der Waals surface area contributed by atoms with E-state index in [4.69, 9.17) is 4.74 Å². The summed E-state index contributed by atoms with van der Waals surface area (Å²) >= 11 is 0. The maximum atomic E-state index is 13.9. The number of rotatable bonds is 12. The smallest absolute Gasteiger partial charge is 0.303 e. The number of carbonyl (C=O) groups is 1. The molecule has 1 saturated heterocycles. The van der Waals surface area contributed by atoms with Gasteiger partial charge in [0.1, 0.15) is 11.6 Å². The number of nitrogens with zero attached hydrogens (tertiary/aromatic N) is 2. The highest BCUT2D eigenvalue weighted by Gasteiger charge is 2.30. The second-order valence-corrected chi connectivity index (χ2v) is 10.1. The number of hydrogen-bond acceptors (Lipinski definition) is 5. The van der Waals surface area contributed by atoms with Gasteiger partial charge in [-0.05, 0) is 105 Å². The van der Waals surface area contributed by atoms with Crippen molar-refractivity contribution < 1.29 is 24.1 Å². The van der Waals surface area contributed by atoms with Crippen LogP contribution in [0.4, 0.5) is 4.39 Å². The summed E-state index contributed by atoms with van der Waals surface area (Å²) in [6.07, 6.45) is 5.87. The summed E-state index contributed by atoms with van der Waals surface area (Å²) in [5, 5.41) is 21.3. The van der Waals surface area contributed by atoms with Gasteiger partial charge in [0.05, 0.1) is 18.7 Å². The molecule has 2 heterocycles. The maximum absolute atomic E-state index is 13.9. The molecular formula is C30H37FN2O4. The number of piperidine rings is 1. The number of aliphatic hydroxyl groups excluding tert-OH is 1. The minimum atomic E-state index is -0.771. The summed E-state index contributed by atoms with van der Waals surface area (Å²) in [4.78, 5) is 18.1. The van der Waals surface area contributed by atoms with Crippen LogP contribution < -0.4 is 4.74 Å². The molecule has 0 radical (unpaired) electrons. The molecule has 3 atom stereocenters. The average molecular weight is 509 g/mol. The lowest BCUT2D eigenvalue weighted by atomic mass is 9.79. The van der Waals surface area contributed by atoms with Crippen LogP contribution in [-0.4, -0.2) is 52.8 Å². The zero-order valence-electron chi connectivity index (χ0n) is 21.5. The Bertz CT molecular complexity index is 1190. The molecule has 6 nitrogen and oxygen atoms in total. The van der Waals surface area contributed by atoms with E-state index < -0.39 is 12.1 Å². The second-order valence-electron chi connectivity index (χ2n) is 10.1. The number of carboxylic acid groups (broad SMARTS) is 1. The number of benzene rings is 2. The standard InChI is InChI=1S/C30H37FN2O4/c1-37-24-10-11-28-26(19-24)25(14-16-32-28)29(34)12-8-21-15-18-33(20-23(21)9-13-30(35)36)17-4-6-22-5-2-3-7-27(22)31/h2-3,5,7,10-11,14,16,19,21,23,29,34H,4,6,8-9,12-13,15,17-18,20H2,1H3,(H,35,36)/t21-,23+,29?/m1/s1. The van der Waals surface area contributed by atoms with Gasteiger partial charge in [0.2, 0.25) is 0 Å². The van der Waals surface area contributed by atoms with Gasteiger partial charge in [0.25, 0.3) is 0 Å². The van der Waals surface area contributed by atoms with E-state index in [1.807, 2.05) is 36.4 Å². The van der Waals surface area contributed by atoms with Crippen molar-refractivity contribution in [1.82, 2.24) is 9.88 Å². The zero-order valence-corrected chi connectivity index (χ0v) is 21.5. The molecule has 1 aromatic heterocycles. The molecule has 2 N–H and O–H groups in total. The first-order chi connectivity index (χ1) is 17.9. The van der Waals surface area contributed by atoms with E-state index in [1.54, 1.807) is 19.4 Å². The van der Waals surface area contributed by atoms with E-state index in [0.29, 0.717) is 25.2 Å². The van der Waals surface area contributed by atoms with Crippen molar-refractivity contribution in [3.63, 3.8) is 0 Å². The van der Waals surface area contributed by atoms with E-state index in [0.717, 1.165) is 66.7 Å². The summed E-state index contributed by atoms with van der Waals surface area (Å²) in [5.74, 6) is 0.427. The normalized spacial score (nSPS) is 19.1. The fraction of sp³-hybridized carbons (Fsp3) is 0.467. The average Bonchev–Trinajstić information content (AvgIpc) is 2.91. The number of aryl methyl sites for hydroxylation is 1. The van der Waals surface area contributed by atoms with Gasteiger partial charge in [-0.25, -0.2) is 4.39 Å². The highest BCUT2D eigenvalue weighted by atomic mass is 19.1. The van der Waals surface area contributed by atoms with Crippen LogP contribution in [0.3, 0.4) is 0 Å². The molecule has 3 aromatic rings. The highest BCUT2D eigenvalue weighted by Crippen LogP contribution is 2.35. The first-order valence-corrected chi connectivity index (χ1v) is 13.2. The van der Waals surface area contributed by atoms with Gasteiger partial charge < -0.3 is 19.8 Å². The summed E-state index contributed by atoms with van der Waals surface area (Å²) in [6, 6.07) is 14.5. The molecule has 0 spiro atoms. The number of hydrogen-bond donors (Lipinski definition) is 2. The Hall–Kier alpha value is -3.03. The fourth-order valence-corrected chi connectivity index (χ4v) is 5.66. The Morgan fingerprint density at radius 1 is 1.19 bits per heavy atom. The van der Waals surface area contributed by atoms with Crippen molar-refractivity contribution in [3.05, 3.63) is 71.7 Å². The quantitative estimate of drug-likeness (QED) is 0.330. The third-order valence-electron chi connectivity index (χ3n) is 7.74. The molecule has 0 saturated carbocycles. The second kappa shape index (κ2) is 13.0. The Kier molecular flexibility index (Phi) is 9.47. The molecule has 1 fully saturated rings. The summed E-state index contributed by atoms with van der Waals surface area (Å²) in [5.41, 5.74) is 2.41. The molecular weight excluding hydrogens is 471 g/mol. The summed E-state index contributed by atoms with van der Waals surface area (Å²) in [6.45, 7) is 2.66. The first kappa shape index (κ1) is 27.0. The van der Waals surface area contributed by atoms with Gasteiger partial charge in [0.15, 0.2) is 0 Å². The lowest BCUT2D eigenvalue weighted by molar-refractivity contribution is -0.137.